The number of aliphatic hydroxyl groups is 1. The molecule has 6 nitrogen and oxygen atoms in total. The molecule has 1 aliphatic rings. The first-order valence-corrected chi connectivity index (χ1v) is 9.55. The van der Waals surface area contributed by atoms with Crippen LogP contribution in [-0.4, -0.2) is 34.8 Å². The molecule has 0 aliphatic carbocycles. The highest BCUT2D eigenvalue weighted by Crippen LogP contribution is 2.40. The van der Waals surface area contributed by atoms with Gasteiger partial charge in [-0.1, -0.05) is 13.3 Å². The zero-order valence-corrected chi connectivity index (χ0v) is 16.4. The summed E-state index contributed by atoms with van der Waals surface area (Å²) in [7, 11) is 0. The van der Waals surface area contributed by atoms with Gasteiger partial charge in [-0.25, -0.2) is 0 Å². The minimum absolute atomic E-state index is 0.0552. The summed E-state index contributed by atoms with van der Waals surface area (Å²) in [4.78, 5) is 26.9. The number of ether oxygens (including phenoxy) is 1. The summed E-state index contributed by atoms with van der Waals surface area (Å²) in [5.74, 6) is 0.305. The number of aryl methyl sites for hydroxylation is 1. The van der Waals surface area contributed by atoms with Gasteiger partial charge in [0, 0.05) is 12.1 Å². The number of hydrogen-bond acceptors (Lipinski definition) is 5. The lowest BCUT2D eigenvalue weighted by atomic mass is 9.99. The lowest BCUT2D eigenvalue weighted by molar-refractivity contribution is -0.140. The topological polar surface area (TPSA) is 80.0 Å². The average Bonchev–Trinajstić information content (AvgIpc) is 3.22. The van der Waals surface area contributed by atoms with Crippen molar-refractivity contribution in [1.82, 2.24) is 4.90 Å². The van der Waals surface area contributed by atoms with Crippen molar-refractivity contribution in [2.75, 3.05) is 13.2 Å². The number of ketones is 1. The number of furan rings is 1. The molecule has 3 rings (SSSR count). The second kappa shape index (κ2) is 8.33. The number of hydrogen-bond donors (Lipinski definition) is 1. The molecular formula is C22H25NO5. The Balaban J connectivity index is 2.07. The van der Waals surface area contributed by atoms with Crippen LogP contribution in [-0.2, 0) is 9.59 Å². The van der Waals surface area contributed by atoms with Gasteiger partial charge < -0.3 is 19.2 Å². The number of carbonyl (C=O) groups excluding carboxylic acids is 2. The summed E-state index contributed by atoms with van der Waals surface area (Å²) in [5.41, 5.74) is 0.504. The summed E-state index contributed by atoms with van der Waals surface area (Å²) in [5, 5.41) is 10.9. The molecular weight excluding hydrogens is 358 g/mol. The number of benzene rings is 1. The lowest BCUT2D eigenvalue weighted by Gasteiger charge is -2.23. The van der Waals surface area contributed by atoms with E-state index < -0.39 is 17.7 Å². The summed E-state index contributed by atoms with van der Waals surface area (Å²) in [6.07, 6.45) is 1.64. The van der Waals surface area contributed by atoms with Gasteiger partial charge in [0.1, 0.15) is 29.1 Å². The largest absolute Gasteiger partial charge is 0.507 e. The molecule has 2 aromatic rings. The van der Waals surface area contributed by atoms with Crippen LogP contribution in [0.3, 0.4) is 0 Å². The first-order valence-electron chi connectivity index (χ1n) is 9.55. The van der Waals surface area contributed by atoms with Crippen molar-refractivity contribution in [3.63, 3.8) is 0 Å². The Hall–Kier alpha value is -3.02. The van der Waals surface area contributed by atoms with Gasteiger partial charge in [-0.2, -0.15) is 0 Å². The summed E-state index contributed by atoms with van der Waals surface area (Å²) < 4.78 is 11.1. The molecule has 0 bridgehead atoms. The Morgan fingerprint density at radius 1 is 1.14 bits per heavy atom. The molecule has 1 aromatic carbocycles. The van der Waals surface area contributed by atoms with E-state index in [1.54, 1.807) is 43.3 Å². The average molecular weight is 383 g/mol. The van der Waals surface area contributed by atoms with Gasteiger partial charge in [-0.05, 0) is 56.7 Å². The molecule has 1 unspecified atom stereocenters. The maximum absolute atomic E-state index is 12.8. The third-order valence-corrected chi connectivity index (χ3v) is 4.76. The number of rotatable bonds is 7. The molecule has 1 N–H and O–H groups in total. The van der Waals surface area contributed by atoms with Crippen LogP contribution in [0.25, 0.3) is 5.76 Å². The van der Waals surface area contributed by atoms with Crippen molar-refractivity contribution in [3.05, 3.63) is 59.1 Å². The smallest absolute Gasteiger partial charge is 0.295 e. The molecule has 1 aliphatic heterocycles. The normalized spacial score (nSPS) is 18.7. The van der Waals surface area contributed by atoms with Gasteiger partial charge in [-0.15, -0.1) is 0 Å². The number of carbonyl (C=O) groups is 2. The van der Waals surface area contributed by atoms with Gasteiger partial charge in [0.15, 0.2) is 0 Å². The van der Waals surface area contributed by atoms with Crippen molar-refractivity contribution in [2.24, 2.45) is 0 Å². The number of unbranched alkanes of at least 4 members (excludes halogenated alkanes) is 1. The molecule has 1 amide bonds. The fraction of sp³-hybridized carbons (Fsp3) is 0.364. The monoisotopic (exact) mass is 383 g/mol. The number of nitrogens with zero attached hydrogens (tertiary/aromatic N) is 1. The predicted octanol–water partition coefficient (Wildman–Crippen LogP) is 4.21. The van der Waals surface area contributed by atoms with Crippen molar-refractivity contribution < 1.29 is 23.8 Å². The molecule has 2 heterocycles. The maximum atomic E-state index is 12.8. The summed E-state index contributed by atoms with van der Waals surface area (Å²) in [6, 6.07) is 9.58. The van der Waals surface area contributed by atoms with E-state index in [2.05, 4.69) is 0 Å². The number of likely N-dealkylation sites (tertiary alicyclic amines) is 1. The first kappa shape index (κ1) is 19.7. The molecule has 0 radical (unpaired) electrons. The minimum Gasteiger partial charge on any atom is -0.507 e. The highest BCUT2D eigenvalue weighted by molar-refractivity contribution is 6.46. The predicted molar refractivity (Wildman–Crippen MR) is 105 cm³/mol. The van der Waals surface area contributed by atoms with Crippen LogP contribution in [0, 0.1) is 6.92 Å². The van der Waals surface area contributed by atoms with Crippen LogP contribution in [0.4, 0.5) is 0 Å². The van der Waals surface area contributed by atoms with Gasteiger partial charge in [0.25, 0.3) is 11.7 Å². The van der Waals surface area contributed by atoms with E-state index >= 15 is 0 Å². The van der Waals surface area contributed by atoms with Crippen LogP contribution in [0.1, 0.15) is 49.8 Å². The summed E-state index contributed by atoms with van der Waals surface area (Å²) in [6.45, 7) is 6.66. The second-order valence-electron chi connectivity index (χ2n) is 6.75. The Kier molecular flexibility index (Phi) is 5.87. The molecule has 1 aromatic heterocycles. The first-order chi connectivity index (χ1) is 13.5. The zero-order valence-electron chi connectivity index (χ0n) is 16.4. The van der Waals surface area contributed by atoms with E-state index in [1.165, 1.54) is 4.90 Å². The Morgan fingerprint density at radius 2 is 1.86 bits per heavy atom. The van der Waals surface area contributed by atoms with E-state index in [4.69, 9.17) is 9.15 Å². The Labute approximate surface area is 164 Å². The zero-order chi connectivity index (χ0) is 20.3. The van der Waals surface area contributed by atoms with Crippen molar-refractivity contribution in [3.8, 4) is 5.75 Å². The number of Topliss-reactive ketones (excluding diaryl/α,β-unsaturated/α-hetero) is 1. The van der Waals surface area contributed by atoms with E-state index in [1.807, 2.05) is 13.8 Å². The Bertz CT molecular complexity index is 894. The van der Waals surface area contributed by atoms with Gasteiger partial charge in [0.05, 0.1) is 12.2 Å². The molecule has 1 fully saturated rings. The second-order valence-corrected chi connectivity index (χ2v) is 6.75. The van der Waals surface area contributed by atoms with Crippen LogP contribution >= 0.6 is 0 Å². The third-order valence-electron chi connectivity index (χ3n) is 4.76. The highest BCUT2D eigenvalue weighted by Gasteiger charge is 2.47. The van der Waals surface area contributed by atoms with Crippen LogP contribution in [0.5, 0.6) is 5.75 Å². The van der Waals surface area contributed by atoms with E-state index in [9.17, 15) is 14.7 Å². The molecule has 1 atom stereocenters. The Morgan fingerprint density at radius 3 is 2.43 bits per heavy atom. The van der Waals surface area contributed by atoms with Crippen molar-refractivity contribution >= 4 is 17.4 Å². The van der Waals surface area contributed by atoms with Gasteiger partial charge in [-0.3, -0.25) is 9.59 Å². The standard InChI is InChI=1S/C22H25NO5/c1-4-6-13-23-19(17-12-7-14(3)28-17)18(21(25)22(23)26)20(24)15-8-10-16(11-9-15)27-5-2/h7-12,19,24H,4-6,13H2,1-3H3/b20-18-. The quantitative estimate of drug-likeness (QED) is 0.440. The summed E-state index contributed by atoms with van der Waals surface area (Å²) >= 11 is 0. The maximum Gasteiger partial charge on any atom is 0.295 e. The van der Waals surface area contributed by atoms with Crippen molar-refractivity contribution in [2.45, 2.75) is 39.7 Å². The highest BCUT2D eigenvalue weighted by atomic mass is 16.5. The van der Waals surface area contributed by atoms with Crippen LogP contribution in [0.15, 0.2) is 46.4 Å². The minimum atomic E-state index is -0.730. The van der Waals surface area contributed by atoms with Gasteiger partial charge >= 0.3 is 0 Å². The van der Waals surface area contributed by atoms with E-state index in [0.717, 1.165) is 12.8 Å². The molecule has 148 valence electrons. The van der Waals surface area contributed by atoms with Gasteiger partial charge in [0.2, 0.25) is 0 Å². The van der Waals surface area contributed by atoms with Crippen molar-refractivity contribution in [1.29, 1.82) is 0 Å². The number of aliphatic hydroxyl groups excluding tert-OH is 1. The molecule has 6 heteroatoms. The fourth-order valence-electron chi connectivity index (χ4n) is 3.37. The lowest BCUT2D eigenvalue weighted by Crippen LogP contribution is -2.30. The molecule has 0 spiro atoms. The van der Waals surface area contributed by atoms with E-state index in [0.29, 0.717) is 36.0 Å². The molecule has 1 saturated heterocycles. The SMILES string of the molecule is CCCCN1C(=O)C(=O)/C(=C(\O)c2ccc(OCC)cc2)C1c1ccc(C)o1. The van der Waals surface area contributed by atoms with Crippen LogP contribution < -0.4 is 4.74 Å². The molecule has 0 saturated carbocycles. The fourth-order valence-corrected chi connectivity index (χ4v) is 3.37. The van der Waals surface area contributed by atoms with Crippen LogP contribution in [0.2, 0.25) is 0 Å². The molecule has 28 heavy (non-hydrogen) atoms. The number of amides is 1. The van der Waals surface area contributed by atoms with E-state index in [-0.39, 0.29) is 11.3 Å². The third kappa shape index (κ3) is 3.67.